The van der Waals surface area contributed by atoms with Crippen LogP contribution in [-0.2, 0) is 33.9 Å². The molecule has 5 atom stereocenters. The van der Waals surface area contributed by atoms with E-state index in [0.717, 1.165) is 19.3 Å². The van der Waals surface area contributed by atoms with Gasteiger partial charge in [0.2, 0.25) is 21.8 Å². The Hall–Kier alpha value is -4.20. The maximum absolute atomic E-state index is 13.9. The highest BCUT2D eigenvalue weighted by molar-refractivity contribution is 7.91. The average Bonchev–Trinajstić information content (AvgIpc) is 3.96. The third kappa shape index (κ3) is 8.59. The Morgan fingerprint density at radius 2 is 1.77 bits per heavy atom. The molecule has 4 rings (SSSR count). The third-order valence-corrected chi connectivity index (χ3v) is 10.7. The molecule has 3 fully saturated rings. The summed E-state index contributed by atoms with van der Waals surface area (Å²) in [4.78, 5) is 67.7. The molecule has 3 aliphatic carbocycles. The second-order valence-electron chi connectivity index (χ2n) is 12.3. The summed E-state index contributed by atoms with van der Waals surface area (Å²) in [6, 6.07) is 6.27. The van der Waals surface area contributed by atoms with Crippen molar-refractivity contribution in [3.05, 3.63) is 55.1 Å². The number of allylic oxidation sites excluding steroid dienone is 1. The van der Waals surface area contributed by atoms with Gasteiger partial charge in [0.1, 0.15) is 11.6 Å². The van der Waals surface area contributed by atoms with Gasteiger partial charge in [0, 0.05) is 19.5 Å². The zero-order valence-electron chi connectivity index (χ0n) is 26.9. The minimum absolute atomic E-state index is 0.0175. The van der Waals surface area contributed by atoms with Crippen LogP contribution in [0.15, 0.2) is 49.6 Å². The average molecular weight is 673 g/mol. The number of amides is 4. The fourth-order valence-corrected chi connectivity index (χ4v) is 7.34. The van der Waals surface area contributed by atoms with Crippen molar-refractivity contribution in [2.24, 2.45) is 17.8 Å². The molecule has 4 amide bonds. The van der Waals surface area contributed by atoms with Gasteiger partial charge in [0.25, 0.3) is 5.91 Å². The predicted octanol–water partition coefficient (Wildman–Crippen LogP) is 3.29. The number of esters is 1. The van der Waals surface area contributed by atoms with Gasteiger partial charge in [-0.15, -0.1) is 13.2 Å². The lowest BCUT2D eigenvalue weighted by molar-refractivity contribution is -0.140. The Kier molecular flexibility index (Phi) is 11.5. The highest BCUT2D eigenvalue weighted by atomic mass is 32.2. The number of ether oxygens (including phenoxy) is 2. The van der Waals surface area contributed by atoms with Gasteiger partial charge in [0.15, 0.2) is 0 Å². The normalized spacial score (nSPS) is 24.7. The van der Waals surface area contributed by atoms with Crippen molar-refractivity contribution in [3.63, 3.8) is 0 Å². The van der Waals surface area contributed by atoms with Crippen LogP contribution >= 0.6 is 0 Å². The quantitative estimate of drug-likeness (QED) is 0.135. The molecule has 0 bridgehead atoms. The maximum Gasteiger partial charge on any atom is 0.411 e. The summed E-state index contributed by atoms with van der Waals surface area (Å²) in [5, 5.41) is 4.67. The Morgan fingerprint density at radius 3 is 2.40 bits per heavy atom. The topological polar surface area (TPSA) is 177 Å². The van der Waals surface area contributed by atoms with E-state index in [1.54, 1.807) is 37.1 Å². The second kappa shape index (κ2) is 15.1. The Balaban J connectivity index is 1.49. The molecule has 0 radical (unpaired) electrons. The number of rotatable bonds is 16. The highest BCUT2D eigenvalue weighted by Crippen LogP contribution is 2.46. The maximum atomic E-state index is 13.9. The first kappa shape index (κ1) is 35.7. The van der Waals surface area contributed by atoms with Gasteiger partial charge in [-0.2, -0.15) is 0 Å². The van der Waals surface area contributed by atoms with Crippen LogP contribution in [0, 0.1) is 17.8 Å². The number of anilines is 1. The van der Waals surface area contributed by atoms with Crippen molar-refractivity contribution < 1.29 is 41.9 Å². The number of benzene rings is 1. The van der Waals surface area contributed by atoms with Gasteiger partial charge < -0.3 is 19.7 Å². The first-order valence-corrected chi connectivity index (χ1v) is 17.5. The van der Waals surface area contributed by atoms with Crippen LogP contribution in [0.25, 0.3) is 0 Å². The molecule has 0 spiro atoms. The van der Waals surface area contributed by atoms with Crippen LogP contribution in [0.1, 0.15) is 68.6 Å². The molecule has 5 unspecified atom stereocenters. The van der Waals surface area contributed by atoms with E-state index in [9.17, 15) is 32.4 Å². The van der Waals surface area contributed by atoms with Crippen molar-refractivity contribution in [2.45, 2.75) is 75.2 Å². The summed E-state index contributed by atoms with van der Waals surface area (Å²) in [5.41, 5.74) is -1.21. The largest absolute Gasteiger partial charge is 0.462 e. The molecule has 13 nitrogen and oxygen atoms in total. The predicted molar refractivity (Wildman–Crippen MR) is 173 cm³/mol. The number of unbranched alkanes of at least 4 members (excludes halogenated alkanes) is 2. The molecule has 3 aliphatic rings. The van der Waals surface area contributed by atoms with E-state index in [0.29, 0.717) is 19.4 Å². The fraction of sp³-hybridized carbons (Fsp3) is 0.545. The summed E-state index contributed by atoms with van der Waals surface area (Å²) in [7, 11) is -2.23. The van der Waals surface area contributed by atoms with Gasteiger partial charge in [-0.3, -0.25) is 24.4 Å². The summed E-state index contributed by atoms with van der Waals surface area (Å²) in [5.74, 6) is -4.74. The van der Waals surface area contributed by atoms with Gasteiger partial charge in [-0.25, -0.2) is 18.0 Å². The van der Waals surface area contributed by atoms with E-state index < -0.39 is 68.5 Å². The monoisotopic (exact) mass is 672 g/mol. The number of hydrogen-bond donors (Lipinski definition) is 3. The first-order valence-electron chi connectivity index (χ1n) is 16.0. The number of carbonyl (C=O) groups excluding carboxylic acids is 5. The minimum atomic E-state index is -3.87. The van der Waals surface area contributed by atoms with Crippen LogP contribution < -0.4 is 15.4 Å². The van der Waals surface area contributed by atoms with Crippen molar-refractivity contribution in [1.29, 1.82) is 0 Å². The van der Waals surface area contributed by atoms with E-state index in [-0.39, 0.29) is 43.0 Å². The number of sulfonamides is 1. The molecule has 0 heterocycles. The second-order valence-corrected chi connectivity index (χ2v) is 14.3. The summed E-state index contributed by atoms with van der Waals surface area (Å²) >= 11 is 0. The van der Waals surface area contributed by atoms with E-state index >= 15 is 0 Å². The first-order chi connectivity index (χ1) is 22.4. The number of hydrogen-bond acceptors (Lipinski definition) is 9. The molecule has 0 aromatic heterocycles. The molecule has 1 aromatic rings. The van der Waals surface area contributed by atoms with Gasteiger partial charge >= 0.3 is 12.1 Å². The van der Waals surface area contributed by atoms with Crippen LogP contribution in [-0.4, -0.2) is 80.2 Å². The van der Waals surface area contributed by atoms with E-state index in [4.69, 9.17) is 9.47 Å². The van der Waals surface area contributed by atoms with Crippen LogP contribution in [0.4, 0.5) is 10.5 Å². The van der Waals surface area contributed by atoms with Crippen molar-refractivity contribution in [1.82, 2.24) is 14.9 Å². The van der Waals surface area contributed by atoms with E-state index in [1.165, 1.54) is 18.2 Å². The van der Waals surface area contributed by atoms with E-state index in [2.05, 4.69) is 28.5 Å². The number of carbonyl (C=O) groups is 5. The molecule has 256 valence electrons. The zero-order valence-corrected chi connectivity index (χ0v) is 27.7. The Bertz CT molecular complexity index is 1510. The van der Waals surface area contributed by atoms with Crippen molar-refractivity contribution in [2.75, 3.05) is 25.5 Å². The molecule has 1 aromatic carbocycles. The van der Waals surface area contributed by atoms with Crippen molar-refractivity contribution >= 4 is 45.5 Å². The van der Waals surface area contributed by atoms with Gasteiger partial charge in [-0.05, 0) is 70.4 Å². The molecule has 0 saturated heterocycles. The highest BCUT2D eigenvalue weighted by Gasteiger charge is 2.62. The summed E-state index contributed by atoms with van der Waals surface area (Å²) in [6.07, 6.45) is 5.01. The lowest BCUT2D eigenvalue weighted by Gasteiger charge is -2.26. The van der Waals surface area contributed by atoms with Crippen molar-refractivity contribution in [3.8, 4) is 0 Å². The third-order valence-electron chi connectivity index (χ3n) is 8.88. The number of nitrogens with one attached hydrogen (secondary N) is 3. The number of nitrogens with zero attached hydrogens (tertiary/aromatic N) is 1. The lowest BCUT2D eigenvalue weighted by Crippen LogP contribution is -2.54. The molecule has 14 heteroatoms. The zero-order chi connectivity index (χ0) is 34.4. The minimum Gasteiger partial charge on any atom is -0.462 e. The van der Waals surface area contributed by atoms with Gasteiger partial charge in [0.05, 0.1) is 34.9 Å². The van der Waals surface area contributed by atoms with E-state index in [1.807, 2.05) is 0 Å². The molecular weight excluding hydrogens is 628 g/mol. The Labute approximate surface area is 275 Å². The SMILES string of the molecule is C=CCCCCN(C)C(=O)C1CC(OC(=O)Nc2ccccc2C(=O)OCC)CC1C(=O)NC1(C(=O)NS(=O)(=O)C2CC2)CC1C=C. The molecule has 3 N–H and O–H groups in total. The lowest BCUT2D eigenvalue weighted by atomic mass is 9.93. The number of para-hydroxylation sites is 1. The van der Waals surface area contributed by atoms with Crippen LogP contribution in [0.5, 0.6) is 0 Å². The molecule has 47 heavy (non-hydrogen) atoms. The van der Waals surface area contributed by atoms with Crippen LogP contribution in [0.3, 0.4) is 0 Å². The Morgan fingerprint density at radius 1 is 1.06 bits per heavy atom. The summed E-state index contributed by atoms with van der Waals surface area (Å²) < 4.78 is 37.9. The standard InChI is InChI=1S/C33H44N4O9S/c1-5-8-9-12-17-37(4)29(39)26-19-22(46-32(42)34-27-14-11-10-13-24(27)30(40)45-7-3)18-25(26)28(38)35-33(20-21(33)6-2)31(41)36-47(43,44)23-15-16-23/h5-6,10-11,13-14,21-23,25-26H,1-2,7-9,12,15-20H2,3-4H3,(H,34,42)(H,35,38)(H,36,41). The fourth-order valence-electron chi connectivity index (χ4n) is 5.98. The summed E-state index contributed by atoms with van der Waals surface area (Å²) in [6.45, 7) is 9.69. The smallest absolute Gasteiger partial charge is 0.411 e. The van der Waals surface area contributed by atoms with Crippen LogP contribution in [0.2, 0.25) is 0 Å². The molecular formula is C33H44N4O9S. The molecule has 3 saturated carbocycles. The van der Waals surface area contributed by atoms with Gasteiger partial charge in [-0.1, -0.05) is 24.3 Å². The molecule has 0 aliphatic heterocycles.